The Kier molecular flexibility index (Phi) is 7.94. The molecule has 3 fully saturated rings. The molecule has 1 saturated carbocycles. The molecule has 12 nitrogen and oxygen atoms in total. The van der Waals surface area contributed by atoms with Crippen molar-refractivity contribution in [2.75, 3.05) is 58.4 Å². The van der Waals surface area contributed by atoms with E-state index in [4.69, 9.17) is 10.1 Å². The molecule has 4 heterocycles. The summed E-state index contributed by atoms with van der Waals surface area (Å²) in [6, 6.07) is 8.12. The standard InChI is InChI=1S/C29H36F2N8O4S/c1-37-19-23(34-36-37)21-4-5-25(32-26(21)39-14-10-29(30,31)11-15-39)33-27(41)22-3-2-20(35-44(42,43)17-16-40)18-24(22)38-12-8-28(6-7-28)9-13-38/h2-5,18-19,35,40H,6-17H2,1H3,(H,32,33,41). The highest BCUT2D eigenvalue weighted by atomic mass is 32.2. The molecule has 1 amide bonds. The molecule has 0 bridgehead atoms. The molecule has 2 saturated heterocycles. The number of nitrogens with one attached hydrogen (secondary N) is 2. The molecule has 3 aromatic rings. The van der Waals surface area contributed by atoms with E-state index in [9.17, 15) is 22.0 Å². The van der Waals surface area contributed by atoms with Gasteiger partial charge in [-0.1, -0.05) is 5.21 Å². The van der Waals surface area contributed by atoms with Gasteiger partial charge < -0.3 is 20.2 Å². The molecule has 44 heavy (non-hydrogen) atoms. The fourth-order valence-electron chi connectivity index (χ4n) is 5.96. The summed E-state index contributed by atoms with van der Waals surface area (Å²) in [5, 5.41) is 20.2. The maximum atomic E-state index is 14.0. The molecule has 1 aliphatic carbocycles. The minimum absolute atomic E-state index is 0.0961. The normalized spacial score (nSPS) is 19.2. The van der Waals surface area contributed by atoms with Crippen molar-refractivity contribution in [2.45, 2.75) is 44.4 Å². The van der Waals surface area contributed by atoms with Crippen molar-refractivity contribution in [1.29, 1.82) is 0 Å². The van der Waals surface area contributed by atoms with E-state index in [1.54, 1.807) is 47.1 Å². The van der Waals surface area contributed by atoms with E-state index < -0.39 is 34.2 Å². The molecule has 0 radical (unpaired) electrons. The van der Waals surface area contributed by atoms with Gasteiger partial charge in [0.2, 0.25) is 10.0 Å². The maximum absolute atomic E-state index is 14.0. The van der Waals surface area contributed by atoms with Gasteiger partial charge in [-0.2, -0.15) is 0 Å². The Morgan fingerprint density at radius 3 is 2.34 bits per heavy atom. The second-order valence-electron chi connectivity index (χ2n) is 12.0. The highest BCUT2D eigenvalue weighted by Crippen LogP contribution is 2.54. The van der Waals surface area contributed by atoms with Crippen LogP contribution in [0.3, 0.4) is 0 Å². The van der Waals surface area contributed by atoms with Gasteiger partial charge in [-0.05, 0) is 61.4 Å². The molecule has 3 aliphatic rings. The molecule has 15 heteroatoms. The summed E-state index contributed by atoms with van der Waals surface area (Å²) in [5.41, 5.74) is 2.78. The molecule has 1 aromatic carbocycles. The van der Waals surface area contributed by atoms with Crippen LogP contribution in [0.5, 0.6) is 0 Å². The number of carbonyl (C=O) groups is 1. The number of aromatic nitrogens is 4. The van der Waals surface area contributed by atoms with Crippen LogP contribution >= 0.6 is 0 Å². The van der Waals surface area contributed by atoms with Crippen LogP contribution in [-0.4, -0.2) is 83.9 Å². The highest BCUT2D eigenvalue weighted by Gasteiger charge is 2.44. The second kappa shape index (κ2) is 11.6. The van der Waals surface area contributed by atoms with Gasteiger partial charge in [-0.3, -0.25) is 14.2 Å². The number of aliphatic hydroxyl groups is 1. The van der Waals surface area contributed by atoms with Crippen molar-refractivity contribution < 1.29 is 27.1 Å². The lowest BCUT2D eigenvalue weighted by Gasteiger charge is -2.35. The molecule has 6 rings (SSSR count). The van der Waals surface area contributed by atoms with E-state index in [-0.39, 0.29) is 31.7 Å². The quantitative estimate of drug-likeness (QED) is 0.324. The van der Waals surface area contributed by atoms with Crippen LogP contribution in [0, 0.1) is 5.41 Å². The minimum Gasteiger partial charge on any atom is -0.395 e. The first-order valence-electron chi connectivity index (χ1n) is 14.8. The number of alkyl halides is 2. The number of aryl methyl sites for hydroxylation is 1. The first kappa shape index (κ1) is 30.2. The van der Waals surface area contributed by atoms with Gasteiger partial charge in [0.25, 0.3) is 11.8 Å². The SMILES string of the molecule is Cn1cc(-c2ccc(NC(=O)c3ccc(NS(=O)(=O)CCO)cc3N3CCC4(CC3)CC4)nc2N2CCC(F)(F)CC2)nn1. The minimum atomic E-state index is -3.76. The predicted molar refractivity (Wildman–Crippen MR) is 163 cm³/mol. The number of halogens is 2. The number of amides is 1. The molecular formula is C29H36F2N8O4S. The Bertz CT molecular complexity index is 1640. The zero-order valence-electron chi connectivity index (χ0n) is 24.5. The van der Waals surface area contributed by atoms with Crippen LogP contribution in [-0.2, 0) is 17.1 Å². The first-order valence-corrected chi connectivity index (χ1v) is 16.4. The topological polar surface area (TPSA) is 146 Å². The van der Waals surface area contributed by atoms with Gasteiger partial charge in [-0.15, -0.1) is 5.10 Å². The fourth-order valence-corrected chi connectivity index (χ4v) is 6.79. The number of benzene rings is 1. The number of hydrogen-bond donors (Lipinski definition) is 3. The van der Waals surface area contributed by atoms with Gasteiger partial charge in [-0.25, -0.2) is 22.2 Å². The smallest absolute Gasteiger partial charge is 0.258 e. The van der Waals surface area contributed by atoms with E-state index in [1.807, 2.05) is 0 Å². The molecule has 0 unspecified atom stereocenters. The van der Waals surface area contributed by atoms with Crippen LogP contribution in [0.1, 0.15) is 48.9 Å². The summed E-state index contributed by atoms with van der Waals surface area (Å²) in [5.74, 6) is -2.95. The summed E-state index contributed by atoms with van der Waals surface area (Å²) in [4.78, 5) is 22.3. The van der Waals surface area contributed by atoms with Gasteiger partial charge in [0.1, 0.15) is 17.3 Å². The summed E-state index contributed by atoms with van der Waals surface area (Å²) in [6.45, 7) is 1.16. The average molecular weight is 631 g/mol. The average Bonchev–Trinajstić information content (AvgIpc) is 3.59. The van der Waals surface area contributed by atoms with Crippen LogP contribution in [0.4, 0.5) is 31.8 Å². The number of hydrogen-bond acceptors (Lipinski definition) is 9. The van der Waals surface area contributed by atoms with E-state index in [2.05, 4.69) is 25.3 Å². The van der Waals surface area contributed by atoms with E-state index in [0.717, 1.165) is 25.9 Å². The van der Waals surface area contributed by atoms with Gasteiger partial charge >= 0.3 is 0 Å². The molecule has 2 aromatic heterocycles. The summed E-state index contributed by atoms with van der Waals surface area (Å²) >= 11 is 0. The van der Waals surface area contributed by atoms with Crippen molar-refractivity contribution >= 4 is 38.9 Å². The van der Waals surface area contributed by atoms with Crippen LogP contribution in [0.15, 0.2) is 36.5 Å². The first-order chi connectivity index (χ1) is 20.9. The molecule has 1 spiro atoms. The Morgan fingerprint density at radius 1 is 1.00 bits per heavy atom. The number of sulfonamides is 1. The Hall–Kier alpha value is -3.85. The monoisotopic (exact) mass is 630 g/mol. The largest absolute Gasteiger partial charge is 0.395 e. The van der Waals surface area contributed by atoms with E-state index in [0.29, 0.717) is 39.4 Å². The van der Waals surface area contributed by atoms with E-state index >= 15 is 0 Å². The lowest BCUT2D eigenvalue weighted by Crippen LogP contribution is -2.40. The number of anilines is 4. The van der Waals surface area contributed by atoms with Crippen molar-refractivity contribution in [2.24, 2.45) is 12.5 Å². The van der Waals surface area contributed by atoms with Crippen molar-refractivity contribution in [1.82, 2.24) is 20.0 Å². The van der Waals surface area contributed by atoms with Crippen LogP contribution in [0.2, 0.25) is 0 Å². The van der Waals surface area contributed by atoms with Gasteiger partial charge in [0.15, 0.2) is 0 Å². The summed E-state index contributed by atoms with van der Waals surface area (Å²) < 4.78 is 56.7. The Labute approximate surface area is 254 Å². The van der Waals surface area contributed by atoms with E-state index in [1.165, 1.54) is 18.9 Å². The number of nitrogens with zero attached hydrogens (tertiary/aromatic N) is 6. The number of piperidine rings is 2. The number of rotatable bonds is 9. The molecular weight excluding hydrogens is 594 g/mol. The molecule has 2 aliphatic heterocycles. The van der Waals surface area contributed by atoms with Crippen molar-refractivity contribution in [3.63, 3.8) is 0 Å². The summed E-state index contributed by atoms with van der Waals surface area (Å²) in [7, 11) is -2.03. The third-order valence-electron chi connectivity index (χ3n) is 8.79. The maximum Gasteiger partial charge on any atom is 0.258 e. The Morgan fingerprint density at radius 2 is 1.70 bits per heavy atom. The number of carbonyl (C=O) groups excluding carboxylic acids is 1. The lowest BCUT2D eigenvalue weighted by atomic mass is 9.93. The molecule has 236 valence electrons. The number of pyridine rings is 1. The third kappa shape index (κ3) is 6.62. The molecule has 0 atom stereocenters. The fraction of sp³-hybridized carbons (Fsp3) is 0.517. The number of aliphatic hydroxyl groups excluding tert-OH is 1. The lowest BCUT2D eigenvalue weighted by molar-refractivity contribution is -0.0221. The Balaban J connectivity index is 1.29. The summed E-state index contributed by atoms with van der Waals surface area (Å²) in [6.07, 6.45) is 5.52. The molecule has 3 N–H and O–H groups in total. The van der Waals surface area contributed by atoms with Crippen molar-refractivity contribution in [3.05, 3.63) is 42.1 Å². The third-order valence-corrected chi connectivity index (χ3v) is 10.1. The highest BCUT2D eigenvalue weighted by molar-refractivity contribution is 7.92. The van der Waals surface area contributed by atoms with Gasteiger partial charge in [0, 0.05) is 51.6 Å². The zero-order valence-corrected chi connectivity index (χ0v) is 25.3. The predicted octanol–water partition coefficient (Wildman–Crippen LogP) is 3.48. The van der Waals surface area contributed by atoms with Gasteiger partial charge in [0.05, 0.1) is 35.5 Å². The zero-order chi connectivity index (χ0) is 31.1. The van der Waals surface area contributed by atoms with Crippen molar-refractivity contribution in [3.8, 4) is 11.3 Å². The van der Waals surface area contributed by atoms with Crippen LogP contribution < -0.4 is 19.8 Å². The second-order valence-corrected chi connectivity index (χ2v) is 13.8. The van der Waals surface area contributed by atoms with Crippen LogP contribution in [0.25, 0.3) is 11.3 Å².